The van der Waals surface area contributed by atoms with Gasteiger partial charge in [0.15, 0.2) is 11.5 Å². The molecule has 2 aromatic rings. The number of fused-ring (bicyclic) bond motifs is 1. The molecule has 3 rings (SSSR count). The number of carbonyl (C=O) groups excluding carboxylic acids is 2. The Morgan fingerprint density at radius 2 is 1.53 bits per heavy atom. The SMILES string of the molecule is CCOC(=O)N1CCN(C(=O)c2cn(CC(C)C)c(=O)c3cc(OC)c(OC)cc23)CC1. The molecule has 0 unspecified atom stereocenters. The first-order chi connectivity index (χ1) is 15.3. The number of benzene rings is 1. The van der Waals surface area contributed by atoms with E-state index < -0.39 is 0 Å². The lowest BCUT2D eigenvalue weighted by atomic mass is 10.0. The summed E-state index contributed by atoms with van der Waals surface area (Å²) >= 11 is 0. The highest BCUT2D eigenvalue weighted by Gasteiger charge is 2.28. The lowest BCUT2D eigenvalue weighted by molar-refractivity contribution is 0.0571. The topological polar surface area (TPSA) is 90.3 Å². The predicted octanol–water partition coefficient (Wildman–Crippen LogP) is 2.59. The lowest BCUT2D eigenvalue weighted by Crippen LogP contribution is -2.50. The molecule has 32 heavy (non-hydrogen) atoms. The Labute approximate surface area is 187 Å². The first-order valence-corrected chi connectivity index (χ1v) is 10.8. The van der Waals surface area contributed by atoms with Crippen LogP contribution in [0.4, 0.5) is 4.79 Å². The van der Waals surface area contributed by atoms with Gasteiger partial charge in [0, 0.05) is 44.3 Å². The molecule has 9 heteroatoms. The molecule has 174 valence electrons. The molecule has 2 heterocycles. The van der Waals surface area contributed by atoms with Crippen LogP contribution in [0.25, 0.3) is 10.8 Å². The number of methoxy groups -OCH3 is 2. The van der Waals surface area contributed by atoms with E-state index in [9.17, 15) is 14.4 Å². The Morgan fingerprint density at radius 3 is 2.06 bits per heavy atom. The number of ether oxygens (including phenoxy) is 3. The van der Waals surface area contributed by atoms with Gasteiger partial charge in [-0.3, -0.25) is 9.59 Å². The van der Waals surface area contributed by atoms with Crippen LogP contribution in [0.2, 0.25) is 0 Å². The van der Waals surface area contributed by atoms with Crippen molar-refractivity contribution in [1.82, 2.24) is 14.4 Å². The quantitative estimate of drug-likeness (QED) is 0.679. The molecule has 0 N–H and O–H groups in total. The average molecular weight is 446 g/mol. The Hall–Kier alpha value is -3.23. The molecular weight excluding hydrogens is 414 g/mol. The summed E-state index contributed by atoms with van der Waals surface area (Å²) in [7, 11) is 3.02. The van der Waals surface area contributed by atoms with Gasteiger partial charge in [-0.2, -0.15) is 0 Å². The first kappa shape index (κ1) is 23.4. The first-order valence-electron chi connectivity index (χ1n) is 10.8. The summed E-state index contributed by atoms with van der Waals surface area (Å²) in [4.78, 5) is 41.9. The van der Waals surface area contributed by atoms with Gasteiger partial charge in [-0.25, -0.2) is 4.79 Å². The van der Waals surface area contributed by atoms with Crippen molar-refractivity contribution < 1.29 is 23.8 Å². The van der Waals surface area contributed by atoms with E-state index >= 15 is 0 Å². The maximum Gasteiger partial charge on any atom is 0.409 e. The second kappa shape index (κ2) is 9.93. The summed E-state index contributed by atoms with van der Waals surface area (Å²) in [6.07, 6.45) is 1.27. The van der Waals surface area contributed by atoms with Gasteiger partial charge in [0.2, 0.25) is 0 Å². The summed E-state index contributed by atoms with van der Waals surface area (Å²) in [6, 6.07) is 3.31. The third-order valence-electron chi connectivity index (χ3n) is 5.48. The molecule has 0 bridgehead atoms. The molecule has 0 radical (unpaired) electrons. The summed E-state index contributed by atoms with van der Waals surface area (Å²) in [6.45, 7) is 8.15. The molecule has 0 saturated carbocycles. The zero-order chi connectivity index (χ0) is 23.4. The number of rotatable bonds is 6. The third-order valence-corrected chi connectivity index (χ3v) is 5.48. The predicted molar refractivity (Wildman–Crippen MR) is 121 cm³/mol. The minimum atomic E-state index is -0.368. The second-order valence-electron chi connectivity index (χ2n) is 8.13. The summed E-state index contributed by atoms with van der Waals surface area (Å²) < 4.78 is 17.4. The van der Waals surface area contributed by atoms with Crippen LogP contribution < -0.4 is 15.0 Å². The van der Waals surface area contributed by atoms with Crippen LogP contribution in [0.1, 0.15) is 31.1 Å². The van der Waals surface area contributed by atoms with Gasteiger partial charge in [0.25, 0.3) is 11.5 Å². The Morgan fingerprint density at radius 1 is 0.969 bits per heavy atom. The van der Waals surface area contributed by atoms with Crippen LogP contribution in [-0.2, 0) is 11.3 Å². The van der Waals surface area contributed by atoms with E-state index in [4.69, 9.17) is 14.2 Å². The molecule has 0 spiro atoms. The Kier molecular flexibility index (Phi) is 7.27. The molecule has 0 atom stereocenters. The van der Waals surface area contributed by atoms with Gasteiger partial charge in [-0.15, -0.1) is 0 Å². The van der Waals surface area contributed by atoms with E-state index in [0.717, 1.165) is 0 Å². The monoisotopic (exact) mass is 445 g/mol. The molecule has 1 fully saturated rings. The second-order valence-corrected chi connectivity index (χ2v) is 8.13. The van der Waals surface area contributed by atoms with Crippen molar-refractivity contribution in [3.63, 3.8) is 0 Å². The zero-order valence-corrected chi connectivity index (χ0v) is 19.3. The van der Waals surface area contributed by atoms with E-state index in [2.05, 4.69) is 0 Å². The van der Waals surface area contributed by atoms with Crippen molar-refractivity contribution in [2.75, 3.05) is 47.0 Å². The molecule has 1 saturated heterocycles. The van der Waals surface area contributed by atoms with Crippen LogP contribution in [0.3, 0.4) is 0 Å². The highest BCUT2D eigenvalue weighted by Crippen LogP contribution is 2.33. The highest BCUT2D eigenvalue weighted by molar-refractivity contribution is 6.07. The normalized spacial score (nSPS) is 14.1. The Bertz CT molecular complexity index is 1050. The fourth-order valence-electron chi connectivity index (χ4n) is 3.89. The highest BCUT2D eigenvalue weighted by atomic mass is 16.6. The van der Waals surface area contributed by atoms with Crippen LogP contribution in [0.5, 0.6) is 11.5 Å². The molecule has 2 amide bonds. The number of piperazine rings is 1. The van der Waals surface area contributed by atoms with Gasteiger partial charge in [0.1, 0.15) is 0 Å². The number of nitrogens with zero attached hydrogens (tertiary/aromatic N) is 3. The summed E-state index contributed by atoms with van der Waals surface area (Å²) in [5, 5.41) is 0.921. The maximum atomic E-state index is 13.5. The molecule has 1 aromatic heterocycles. The smallest absolute Gasteiger partial charge is 0.409 e. The maximum absolute atomic E-state index is 13.5. The standard InChI is InChI=1S/C23H31N3O6/c1-6-32-23(29)25-9-7-24(8-10-25)22(28)18-14-26(13-15(2)3)21(27)17-12-20(31-5)19(30-4)11-16(17)18/h11-12,14-15H,6-10,13H2,1-5H3. The lowest BCUT2D eigenvalue weighted by Gasteiger charge is -2.34. The van der Waals surface area contributed by atoms with E-state index in [1.54, 1.807) is 39.6 Å². The van der Waals surface area contributed by atoms with E-state index in [0.29, 0.717) is 67.2 Å². The number of hydrogen-bond donors (Lipinski definition) is 0. The minimum absolute atomic E-state index is 0.182. The molecule has 1 aromatic carbocycles. The molecule has 1 aliphatic heterocycles. The fourth-order valence-corrected chi connectivity index (χ4v) is 3.89. The summed E-state index contributed by atoms with van der Waals surface area (Å²) in [5.41, 5.74) is 0.240. The van der Waals surface area contributed by atoms with Gasteiger partial charge in [0.05, 0.1) is 31.8 Å². The van der Waals surface area contributed by atoms with E-state index in [1.165, 1.54) is 14.2 Å². The number of aromatic nitrogens is 1. The molecule has 9 nitrogen and oxygen atoms in total. The van der Waals surface area contributed by atoms with Gasteiger partial charge >= 0.3 is 6.09 Å². The van der Waals surface area contributed by atoms with Gasteiger partial charge in [-0.05, 0) is 25.0 Å². The largest absolute Gasteiger partial charge is 0.493 e. The van der Waals surface area contributed by atoms with Gasteiger partial charge < -0.3 is 28.6 Å². The summed E-state index contributed by atoms with van der Waals surface area (Å²) in [5.74, 6) is 0.910. The average Bonchev–Trinajstić information content (AvgIpc) is 2.79. The van der Waals surface area contributed by atoms with Gasteiger partial charge in [-0.1, -0.05) is 13.8 Å². The number of carbonyl (C=O) groups is 2. The number of amides is 2. The van der Waals surface area contributed by atoms with Crippen LogP contribution >= 0.6 is 0 Å². The van der Waals surface area contributed by atoms with Crippen LogP contribution in [0.15, 0.2) is 23.1 Å². The van der Waals surface area contributed by atoms with Crippen LogP contribution in [0, 0.1) is 5.92 Å². The van der Waals surface area contributed by atoms with Crippen molar-refractivity contribution in [3.8, 4) is 11.5 Å². The Balaban J connectivity index is 2.02. The van der Waals surface area contributed by atoms with Crippen molar-refractivity contribution in [1.29, 1.82) is 0 Å². The van der Waals surface area contributed by atoms with Crippen molar-refractivity contribution >= 4 is 22.8 Å². The zero-order valence-electron chi connectivity index (χ0n) is 19.3. The third kappa shape index (κ3) is 4.66. The van der Waals surface area contributed by atoms with E-state index in [-0.39, 0.29) is 23.5 Å². The fraction of sp³-hybridized carbons (Fsp3) is 0.522. The number of pyridine rings is 1. The van der Waals surface area contributed by atoms with Crippen molar-refractivity contribution in [2.24, 2.45) is 5.92 Å². The number of hydrogen-bond acceptors (Lipinski definition) is 6. The molecular formula is C23H31N3O6. The van der Waals surface area contributed by atoms with E-state index in [1.807, 2.05) is 13.8 Å². The van der Waals surface area contributed by atoms with Crippen molar-refractivity contribution in [2.45, 2.75) is 27.3 Å². The van der Waals surface area contributed by atoms with Crippen molar-refractivity contribution in [3.05, 3.63) is 34.2 Å². The molecule has 0 aliphatic carbocycles. The minimum Gasteiger partial charge on any atom is -0.493 e. The molecule has 1 aliphatic rings. The van der Waals surface area contributed by atoms with Crippen LogP contribution in [-0.4, -0.2) is 73.4 Å².